The van der Waals surface area contributed by atoms with Crippen LogP contribution in [0.2, 0.25) is 0 Å². The van der Waals surface area contributed by atoms with Gasteiger partial charge in [0.1, 0.15) is 5.69 Å². The molecule has 0 bridgehead atoms. The highest BCUT2D eigenvalue weighted by atomic mass is 16.6. The van der Waals surface area contributed by atoms with Gasteiger partial charge in [-0.2, -0.15) is 0 Å². The molecule has 0 amide bonds. The van der Waals surface area contributed by atoms with Crippen molar-refractivity contribution in [1.29, 1.82) is 0 Å². The minimum atomic E-state index is -0.468. The Bertz CT molecular complexity index is 407. The summed E-state index contributed by atoms with van der Waals surface area (Å²) in [4.78, 5) is 10.2. The number of anilines is 2. The van der Waals surface area contributed by atoms with E-state index in [1.54, 1.807) is 12.1 Å². The van der Waals surface area contributed by atoms with Crippen LogP contribution in [0.15, 0.2) is 18.2 Å². The molecule has 1 unspecified atom stereocenters. The summed E-state index contributed by atoms with van der Waals surface area (Å²) in [5, 5.41) is 13.9. The lowest BCUT2D eigenvalue weighted by Crippen LogP contribution is -2.15. The zero-order valence-corrected chi connectivity index (χ0v) is 11.0. The van der Waals surface area contributed by atoms with Crippen LogP contribution in [0.3, 0.4) is 0 Å². The summed E-state index contributed by atoms with van der Waals surface area (Å²) in [6.45, 7) is 4.28. The van der Waals surface area contributed by atoms with E-state index in [0.717, 1.165) is 12.1 Å². The number of nitrogen functional groups attached to an aromatic ring is 1. The normalized spacial score (nSPS) is 12.1. The second-order valence-electron chi connectivity index (χ2n) is 4.57. The van der Waals surface area contributed by atoms with Crippen LogP contribution in [0.25, 0.3) is 0 Å². The molecular weight excluding hydrogens is 230 g/mol. The highest BCUT2D eigenvalue weighted by Gasteiger charge is 2.11. The third-order valence-electron chi connectivity index (χ3n) is 2.88. The van der Waals surface area contributed by atoms with Crippen molar-refractivity contribution in [3.8, 4) is 0 Å². The fourth-order valence-electron chi connectivity index (χ4n) is 1.87. The number of nitrogens with two attached hydrogens (primary N) is 1. The summed E-state index contributed by atoms with van der Waals surface area (Å²) in [7, 11) is 0. The summed E-state index contributed by atoms with van der Waals surface area (Å²) in [5.74, 6) is 0. The smallest absolute Gasteiger partial charge is 0.292 e. The van der Waals surface area contributed by atoms with Gasteiger partial charge in [0.15, 0.2) is 0 Å². The van der Waals surface area contributed by atoms with Crippen LogP contribution in [0.1, 0.15) is 39.5 Å². The molecule has 0 aliphatic carbocycles. The van der Waals surface area contributed by atoms with Gasteiger partial charge in [-0.05, 0) is 25.5 Å². The van der Waals surface area contributed by atoms with Crippen molar-refractivity contribution in [2.24, 2.45) is 0 Å². The first kappa shape index (κ1) is 14.3. The summed E-state index contributed by atoms with van der Waals surface area (Å²) in [5.41, 5.74) is 6.63. The molecule has 1 aromatic rings. The third-order valence-corrected chi connectivity index (χ3v) is 2.88. The van der Waals surface area contributed by atoms with Crippen molar-refractivity contribution in [1.82, 2.24) is 0 Å². The Labute approximate surface area is 108 Å². The lowest BCUT2D eigenvalue weighted by molar-refractivity contribution is -0.383. The predicted octanol–water partition coefficient (Wildman–Crippen LogP) is 3.56. The van der Waals surface area contributed by atoms with Crippen molar-refractivity contribution >= 4 is 17.1 Å². The summed E-state index contributed by atoms with van der Waals surface area (Å²) in [6.07, 6.45) is 4.71. The van der Waals surface area contributed by atoms with Crippen molar-refractivity contribution in [2.75, 3.05) is 11.1 Å². The van der Waals surface area contributed by atoms with E-state index in [2.05, 4.69) is 19.2 Å². The molecule has 18 heavy (non-hydrogen) atoms. The number of benzene rings is 1. The van der Waals surface area contributed by atoms with Crippen LogP contribution in [-0.4, -0.2) is 11.0 Å². The SMILES string of the molecule is CCCCCC(C)Nc1ccc([N+](=O)[O-])c(N)c1. The fourth-order valence-corrected chi connectivity index (χ4v) is 1.87. The molecule has 1 rings (SSSR count). The first-order chi connectivity index (χ1) is 8.54. The van der Waals surface area contributed by atoms with Gasteiger partial charge in [0.25, 0.3) is 5.69 Å². The molecule has 1 aromatic carbocycles. The Kier molecular flexibility index (Phi) is 5.42. The number of hydrogen-bond acceptors (Lipinski definition) is 4. The standard InChI is InChI=1S/C13H21N3O2/c1-3-4-5-6-10(2)15-11-7-8-13(16(17)18)12(14)9-11/h7-10,15H,3-6,14H2,1-2H3. The zero-order valence-electron chi connectivity index (χ0n) is 11.0. The molecule has 5 heteroatoms. The molecular formula is C13H21N3O2. The number of nitrogens with zero attached hydrogens (tertiary/aromatic N) is 1. The molecule has 100 valence electrons. The Morgan fingerprint density at radius 2 is 2.17 bits per heavy atom. The van der Waals surface area contributed by atoms with Gasteiger partial charge in [-0.1, -0.05) is 26.2 Å². The first-order valence-electron chi connectivity index (χ1n) is 6.35. The van der Waals surface area contributed by atoms with Gasteiger partial charge in [0, 0.05) is 17.8 Å². The summed E-state index contributed by atoms with van der Waals surface area (Å²) >= 11 is 0. The average Bonchev–Trinajstić information content (AvgIpc) is 2.28. The van der Waals surface area contributed by atoms with Crippen molar-refractivity contribution in [3.05, 3.63) is 28.3 Å². The van der Waals surface area contributed by atoms with Crippen molar-refractivity contribution < 1.29 is 4.92 Å². The van der Waals surface area contributed by atoms with Crippen LogP contribution in [0.4, 0.5) is 17.1 Å². The number of nitrogens with one attached hydrogen (secondary N) is 1. The van der Waals surface area contributed by atoms with E-state index in [4.69, 9.17) is 5.73 Å². The molecule has 0 heterocycles. The number of nitro benzene ring substituents is 1. The van der Waals surface area contributed by atoms with Gasteiger partial charge in [0.2, 0.25) is 0 Å². The molecule has 0 aromatic heterocycles. The quantitative estimate of drug-likeness (QED) is 0.336. The van der Waals surface area contributed by atoms with E-state index in [0.29, 0.717) is 6.04 Å². The molecule has 0 aliphatic rings. The molecule has 0 spiro atoms. The second kappa shape index (κ2) is 6.83. The number of unbranched alkanes of at least 4 members (excludes halogenated alkanes) is 2. The monoisotopic (exact) mass is 251 g/mol. The van der Waals surface area contributed by atoms with Crippen LogP contribution in [-0.2, 0) is 0 Å². The topological polar surface area (TPSA) is 81.2 Å². The minimum absolute atomic E-state index is 0.0424. The Balaban J connectivity index is 2.57. The lowest BCUT2D eigenvalue weighted by atomic mass is 10.1. The van der Waals surface area contributed by atoms with E-state index in [9.17, 15) is 10.1 Å². The van der Waals surface area contributed by atoms with Gasteiger partial charge >= 0.3 is 0 Å². The molecule has 3 N–H and O–H groups in total. The van der Waals surface area contributed by atoms with E-state index in [1.807, 2.05) is 0 Å². The van der Waals surface area contributed by atoms with E-state index in [1.165, 1.54) is 25.3 Å². The molecule has 0 saturated heterocycles. The largest absolute Gasteiger partial charge is 0.393 e. The van der Waals surface area contributed by atoms with Gasteiger partial charge in [-0.15, -0.1) is 0 Å². The molecule has 0 saturated carbocycles. The molecule has 5 nitrogen and oxygen atoms in total. The fraction of sp³-hybridized carbons (Fsp3) is 0.538. The first-order valence-corrected chi connectivity index (χ1v) is 6.35. The van der Waals surface area contributed by atoms with Crippen LogP contribution >= 0.6 is 0 Å². The van der Waals surface area contributed by atoms with Gasteiger partial charge in [-0.25, -0.2) is 0 Å². The molecule has 0 radical (unpaired) electrons. The Morgan fingerprint density at radius 1 is 1.44 bits per heavy atom. The number of hydrogen-bond donors (Lipinski definition) is 2. The second-order valence-corrected chi connectivity index (χ2v) is 4.57. The van der Waals surface area contributed by atoms with E-state index in [-0.39, 0.29) is 11.4 Å². The van der Waals surface area contributed by atoms with Crippen LogP contribution in [0, 0.1) is 10.1 Å². The van der Waals surface area contributed by atoms with Crippen molar-refractivity contribution in [3.63, 3.8) is 0 Å². The van der Waals surface area contributed by atoms with Gasteiger partial charge in [-0.3, -0.25) is 10.1 Å². The summed E-state index contributed by atoms with van der Waals surface area (Å²) in [6, 6.07) is 5.10. The zero-order chi connectivity index (χ0) is 13.5. The van der Waals surface area contributed by atoms with Crippen LogP contribution < -0.4 is 11.1 Å². The highest BCUT2D eigenvalue weighted by Crippen LogP contribution is 2.25. The third kappa shape index (κ3) is 4.24. The Hall–Kier alpha value is -1.78. The molecule has 0 aliphatic heterocycles. The lowest BCUT2D eigenvalue weighted by Gasteiger charge is -2.15. The molecule has 0 fully saturated rings. The van der Waals surface area contributed by atoms with Gasteiger partial charge in [0.05, 0.1) is 4.92 Å². The Morgan fingerprint density at radius 3 is 2.72 bits per heavy atom. The number of nitro groups is 1. The maximum atomic E-state index is 10.6. The minimum Gasteiger partial charge on any atom is -0.393 e. The number of rotatable bonds is 7. The van der Waals surface area contributed by atoms with E-state index >= 15 is 0 Å². The van der Waals surface area contributed by atoms with Crippen molar-refractivity contribution in [2.45, 2.75) is 45.6 Å². The average molecular weight is 251 g/mol. The maximum Gasteiger partial charge on any atom is 0.292 e. The summed E-state index contributed by atoms with van der Waals surface area (Å²) < 4.78 is 0. The van der Waals surface area contributed by atoms with Gasteiger partial charge < -0.3 is 11.1 Å². The maximum absolute atomic E-state index is 10.6. The van der Waals surface area contributed by atoms with Crippen LogP contribution in [0.5, 0.6) is 0 Å². The molecule has 1 atom stereocenters. The highest BCUT2D eigenvalue weighted by molar-refractivity contribution is 5.65. The predicted molar refractivity (Wildman–Crippen MR) is 74.7 cm³/mol. The van der Waals surface area contributed by atoms with E-state index < -0.39 is 4.92 Å².